The Morgan fingerprint density at radius 2 is 2.04 bits per heavy atom. The maximum atomic E-state index is 12.3. The van der Waals surface area contributed by atoms with Crippen molar-refractivity contribution in [3.05, 3.63) is 24.3 Å². The van der Waals surface area contributed by atoms with Crippen molar-refractivity contribution in [1.29, 1.82) is 0 Å². The molecule has 0 unspecified atom stereocenters. The topological polar surface area (TPSA) is 44.8 Å². The first-order valence-electron chi connectivity index (χ1n) is 8.74. The number of piperazine rings is 1. The van der Waals surface area contributed by atoms with Gasteiger partial charge in [0.25, 0.3) is 0 Å². The Labute approximate surface area is 138 Å². The highest BCUT2D eigenvalue weighted by Crippen LogP contribution is 2.27. The third-order valence-corrected chi connectivity index (χ3v) is 4.78. The number of nitrogens with zero attached hydrogens (tertiary/aromatic N) is 2. The third-order valence-electron chi connectivity index (χ3n) is 4.78. The van der Waals surface area contributed by atoms with Gasteiger partial charge in [-0.1, -0.05) is 19.1 Å². The molecular weight excluding hydrogens is 290 g/mol. The lowest BCUT2D eigenvalue weighted by molar-refractivity contribution is -0.118. The van der Waals surface area contributed by atoms with E-state index < -0.39 is 0 Å². The van der Waals surface area contributed by atoms with Gasteiger partial charge in [-0.15, -0.1) is 0 Å². The smallest absolute Gasteiger partial charge is 0.227 e. The first kappa shape index (κ1) is 16.3. The predicted octanol–water partition coefficient (Wildman–Crippen LogP) is 2.34. The minimum absolute atomic E-state index is 0.0524. The van der Waals surface area contributed by atoms with Crippen LogP contribution in [0.15, 0.2) is 24.3 Å². The summed E-state index contributed by atoms with van der Waals surface area (Å²) in [5, 5.41) is 3.09. The fraction of sp³-hybridized carbons (Fsp3) is 0.611. The van der Waals surface area contributed by atoms with Gasteiger partial charge in [0.2, 0.25) is 5.91 Å². The van der Waals surface area contributed by atoms with E-state index in [-0.39, 0.29) is 12.0 Å². The number of anilines is 2. The van der Waals surface area contributed by atoms with Gasteiger partial charge < -0.3 is 19.9 Å². The molecule has 1 N–H and O–H groups in total. The molecule has 5 heteroatoms. The summed E-state index contributed by atoms with van der Waals surface area (Å²) in [6.07, 6.45) is 2.61. The highest BCUT2D eigenvalue weighted by molar-refractivity contribution is 5.94. The van der Waals surface area contributed by atoms with Gasteiger partial charge in [0.1, 0.15) is 0 Å². The van der Waals surface area contributed by atoms with Crippen LogP contribution in [0.25, 0.3) is 0 Å². The first-order chi connectivity index (χ1) is 11.3. The fourth-order valence-electron chi connectivity index (χ4n) is 3.37. The van der Waals surface area contributed by atoms with Gasteiger partial charge in [0.05, 0.1) is 23.9 Å². The van der Waals surface area contributed by atoms with Crippen LogP contribution >= 0.6 is 0 Å². The second kappa shape index (κ2) is 7.79. The number of benzene rings is 1. The largest absolute Gasteiger partial charge is 0.378 e. The lowest BCUT2D eigenvalue weighted by Gasteiger charge is -2.36. The second-order valence-corrected chi connectivity index (χ2v) is 6.33. The zero-order valence-electron chi connectivity index (χ0n) is 14.0. The van der Waals surface area contributed by atoms with Crippen molar-refractivity contribution < 1.29 is 9.53 Å². The summed E-state index contributed by atoms with van der Waals surface area (Å²) in [5.41, 5.74) is 2.05. The van der Waals surface area contributed by atoms with E-state index in [1.54, 1.807) is 0 Å². The van der Waals surface area contributed by atoms with Gasteiger partial charge in [-0.25, -0.2) is 0 Å². The number of nitrogens with one attached hydrogen (secondary N) is 1. The molecule has 2 aliphatic rings. The van der Waals surface area contributed by atoms with Gasteiger partial charge in [-0.3, -0.25) is 4.79 Å². The van der Waals surface area contributed by atoms with Gasteiger partial charge in [-0.2, -0.15) is 0 Å². The van der Waals surface area contributed by atoms with Gasteiger partial charge in [0.15, 0.2) is 0 Å². The molecule has 2 aliphatic heterocycles. The Morgan fingerprint density at radius 3 is 2.74 bits per heavy atom. The standard InChI is InChI=1S/C18H27N3O2/c1-2-20-9-11-21(12-10-20)17-8-4-3-7-16(17)19-18(22)14-15-6-5-13-23-15/h3-4,7-8,15H,2,5-6,9-14H2,1H3,(H,19,22)/t15-/m1/s1. The number of ether oxygens (including phenoxy) is 1. The number of para-hydroxylation sites is 2. The van der Waals surface area contributed by atoms with E-state index in [0.29, 0.717) is 6.42 Å². The van der Waals surface area contributed by atoms with Crippen LogP contribution in [-0.2, 0) is 9.53 Å². The highest BCUT2D eigenvalue weighted by atomic mass is 16.5. The molecule has 1 aromatic carbocycles. The van der Waals surface area contributed by atoms with Crippen molar-refractivity contribution in [1.82, 2.24) is 4.90 Å². The molecule has 126 valence electrons. The van der Waals surface area contributed by atoms with Crippen molar-refractivity contribution >= 4 is 17.3 Å². The Morgan fingerprint density at radius 1 is 1.26 bits per heavy atom. The molecule has 0 spiro atoms. The summed E-state index contributed by atoms with van der Waals surface area (Å²) < 4.78 is 5.56. The average molecular weight is 317 g/mol. The molecule has 1 aromatic rings. The number of amides is 1. The molecule has 5 nitrogen and oxygen atoms in total. The average Bonchev–Trinajstić information content (AvgIpc) is 3.08. The number of rotatable bonds is 5. The first-order valence-corrected chi connectivity index (χ1v) is 8.74. The molecule has 0 bridgehead atoms. The van der Waals surface area contributed by atoms with Crippen LogP contribution < -0.4 is 10.2 Å². The van der Waals surface area contributed by atoms with Crippen LogP contribution in [0.5, 0.6) is 0 Å². The fourth-order valence-corrected chi connectivity index (χ4v) is 3.37. The summed E-state index contributed by atoms with van der Waals surface area (Å²) in [4.78, 5) is 17.1. The minimum Gasteiger partial charge on any atom is -0.378 e. The lowest BCUT2D eigenvalue weighted by Crippen LogP contribution is -2.46. The monoisotopic (exact) mass is 317 g/mol. The Bertz CT molecular complexity index is 521. The van der Waals surface area contributed by atoms with E-state index >= 15 is 0 Å². The Balaban J connectivity index is 1.62. The molecule has 0 saturated carbocycles. The SMILES string of the molecule is CCN1CCN(c2ccccc2NC(=O)C[C@H]2CCCO2)CC1. The maximum absolute atomic E-state index is 12.3. The third kappa shape index (κ3) is 4.24. The van der Waals surface area contributed by atoms with E-state index in [1.165, 1.54) is 0 Å². The molecule has 2 fully saturated rings. The Kier molecular flexibility index (Phi) is 5.51. The number of hydrogen-bond acceptors (Lipinski definition) is 4. The van der Waals surface area contributed by atoms with E-state index in [2.05, 4.69) is 28.1 Å². The maximum Gasteiger partial charge on any atom is 0.227 e. The Hall–Kier alpha value is -1.59. The molecule has 0 radical (unpaired) electrons. The molecule has 23 heavy (non-hydrogen) atoms. The minimum atomic E-state index is 0.0524. The zero-order valence-corrected chi connectivity index (χ0v) is 14.0. The van der Waals surface area contributed by atoms with Crippen molar-refractivity contribution in [2.45, 2.75) is 32.3 Å². The number of hydrogen-bond donors (Lipinski definition) is 1. The van der Waals surface area contributed by atoms with Crippen LogP contribution in [-0.4, -0.2) is 56.2 Å². The van der Waals surface area contributed by atoms with Crippen molar-refractivity contribution in [3.8, 4) is 0 Å². The molecule has 2 heterocycles. The molecule has 1 atom stereocenters. The van der Waals surface area contributed by atoms with Crippen molar-refractivity contribution in [3.63, 3.8) is 0 Å². The quantitative estimate of drug-likeness (QED) is 0.905. The summed E-state index contributed by atoms with van der Waals surface area (Å²) in [5.74, 6) is 0.0524. The van der Waals surface area contributed by atoms with Crippen LogP contribution in [0.4, 0.5) is 11.4 Å². The molecule has 3 rings (SSSR count). The van der Waals surface area contributed by atoms with Gasteiger partial charge in [0, 0.05) is 32.8 Å². The molecule has 1 amide bonds. The lowest BCUT2D eigenvalue weighted by atomic mass is 10.1. The normalized spacial score (nSPS) is 22.3. The van der Waals surface area contributed by atoms with E-state index in [9.17, 15) is 4.79 Å². The summed E-state index contributed by atoms with van der Waals surface area (Å²) in [6, 6.07) is 8.11. The van der Waals surface area contributed by atoms with E-state index in [0.717, 1.165) is 63.5 Å². The molecular formula is C18H27N3O2. The number of likely N-dealkylation sites (N-methyl/N-ethyl adjacent to an activating group) is 1. The van der Waals surface area contributed by atoms with Gasteiger partial charge in [-0.05, 0) is 31.5 Å². The highest BCUT2D eigenvalue weighted by Gasteiger charge is 2.21. The summed E-state index contributed by atoms with van der Waals surface area (Å²) in [7, 11) is 0. The number of carbonyl (C=O) groups excluding carboxylic acids is 1. The van der Waals surface area contributed by atoms with Crippen LogP contribution in [0, 0.1) is 0 Å². The summed E-state index contributed by atoms with van der Waals surface area (Å²) in [6.45, 7) is 8.26. The van der Waals surface area contributed by atoms with Crippen LogP contribution in [0.3, 0.4) is 0 Å². The molecule has 2 saturated heterocycles. The van der Waals surface area contributed by atoms with Gasteiger partial charge >= 0.3 is 0 Å². The predicted molar refractivity (Wildman–Crippen MR) is 93.0 cm³/mol. The van der Waals surface area contributed by atoms with E-state index in [4.69, 9.17) is 4.74 Å². The molecule has 0 aliphatic carbocycles. The number of carbonyl (C=O) groups is 1. The zero-order chi connectivity index (χ0) is 16.1. The second-order valence-electron chi connectivity index (χ2n) is 6.33. The van der Waals surface area contributed by atoms with E-state index in [1.807, 2.05) is 18.2 Å². The molecule has 0 aromatic heterocycles. The van der Waals surface area contributed by atoms with Crippen molar-refractivity contribution in [2.24, 2.45) is 0 Å². The van der Waals surface area contributed by atoms with Crippen molar-refractivity contribution in [2.75, 3.05) is 49.5 Å². The van der Waals surface area contributed by atoms with Crippen LogP contribution in [0.1, 0.15) is 26.2 Å². The van der Waals surface area contributed by atoms with Crippen LogP contribution in [0.2, 0.25) is 0 Å². The summed E-state index contributed by atoms with van der Waals surface area (Å²) >= 11 is 0.